The second-order valence-corrected chi connectivity index (χ2v) is 6.79. The van der Waals surface area contributed by atoms with Crippen molar-refractivity contribution in [3.05, 3.63) is 50.6 Å². The molecular weight excluding hydrogens is 328 g/mol. The minimum atomic E-state index is 0.196. The van der Waals surface area contributed by atoms with Crippen molar-refractivity contribution in [1.29, 1.82) is 0 Å². The molecule has 1 heterocycles. The van der Waals surface area contributed by atoms with Crippen molar-refractivity contribution in [2.45, 2.75) is 17.9 Å². The SMILES string of the molecule is Cc1ccsc1C(CSc1ccccc1Br)NN. The third-order valence-electron chi connectivity index (χ3n) is 2.66. The Balaban J connectivity index is 2.05. The molecule has 5 heteroatoms. The van der Waals surface area contributed by atoms with Gasteiger partial charge in [-0.2, -0.15) is 0 Å². The van der Waals surface area contributed by atoms with Crippen molar-refractivity contribution in [2.75, 3.05) is 5.75 Å². The first-order valence-electron chi connectivity index (χ1n) is 5.60. The van der Waals surface area contributed by atoms with Crippen LogP contribution in [0.4, 0.5) is 0 Å². The molecule has 0 radical (unpaired) electrons. The average molecular weight is 343 g/mol. The van der Waals surface area contributed by atoms with E-state index in [1.807, 2.05) is 12.1 Å². The molecule has 2 rings (SSSR count). The molecule has 0 saturated carbocycles. The Labute approximate surface area is 124 Å². The van der Waals surface area contributed by atoms with Gasteiger partial charge in [0, 0.05) is 20.0 Å². The molecule has 0 fully saturated rings. The Morgan fingerprint density at radius 3 is 2.78 bits per heavy atom. The number of thiophene rings is 1. The third kappa shape index (κ3) is 3.36. The summed E-state index contributed by atoms with van der Waals surface area (Å²) >= 11 is 7.12. The van der Waals surface area contributed by atoms with Gasteiger partial charge >= 0.3 is 0 Å². The molecule has 96 valence electrons. The van der Waals surface area contributed by atoms with Crippen LogP contribution in [0.15, 0.2) is 45.1 Å². The molecule has 1 atom stereocenters. The normalized spacial score (nSPS) is 12.6. The number of rotatable bonds is 5. The summed E-state index contributed by atoms with van der Waals surface area (Å²) in [6, 6.07) is 10.6. The number of nitrogens with one attached hydrogen (secondary N) is 1. The van der Waals surface area contributed by atoms with Crippen LogP contribution in [-0.4, -0.2) is 5.75 Å². The number of nitrogens with two attached hydrogens (primary N) is 1. The summed E-state index contributed by atoms with van der Waals surface area (Å²) in [5.74, 6) is 6.58. The standard InChI is InChI=1S/C13H15BrN2S2/c1-9-6-7-17-13(9)11(16-15)8-18-12-5-3-2-4-10(12)14/h2-7,11,16H,8,15H2,1H3. The van der Waals surface area contributed by atoms with Crippen LogP contribution < -0.4 is 11.3 Å². The second-order valence-electron chi connectivity index (χ2n) is 3.93. The van der Waals surface area contributed by atoms with E-state index in [1.165, 1.54) is 15.3 Å². The van der Waals surface area contributed by atoms with Crippen LogP contribution in [0.1, 0.15) is 16.5 Å². The Bertz CT molecular complexity index is 513. The number of hydrogen-bond acceptors (Lipinski definition) is 4. The fourth-order valence-corrected chi connectivity index (χ4v) is 4.39. The van der Waals surface area contributed by atoms with Crippen LogP contribution in [0.3, 0.4) is 0 Å². The number of benzene rings is 1. The molecule has 0 spiro atoms. The van der Waals surface area contributed by atoms with Crippen molar-refractivity contribution in [3.8, 4) is 0 Å². The molecule has 0 bridgehead atoms. The van der Waals surface area contributed by atoms with Gasteiger partial charge in [0.15, 0.2) is 0 Å². The van der Waals surface area contributed by atoms with Crippen LogP contribution in [0, 0.1) is 6.92 Å². The van der Waals surface area contributed by atoms with E-state index in [1.54, 1.807) is 23.1 Å². The second kappa shape index (κ2) is 6.73. The molecule has 0 amide bonds. The van der Waals surface area contributed by atoms with Crippen molar-refractivity contribution >= 4 is 39.0 Å². The minimum Gasteiger partial charge on any atom is -0.271 e. The van der Waals surface area contributed by atoms with E-state index in [0.717, 1.165) is 10.2 Å². The smallest absolute Gasteiger partial charge is 0.0649 e. The maximum Gasteiger partial charge on any atom is 0.0649 e. The summed E-state index contributed by atoms with van der Waals surface area (Å²) in [4.78, 5) is 2.56. The van der Waals surface area contributed by atoms with Gasteiger partial charge in [-0.05, 0) is 52.0 Å². The average Bonchev–Trinajstić information content (AvgIpc) is 2.79. The van der Waals surface area contributed by atoms with Gasteiger partial charge in [0.25, 0.3) is 0 Å². The quantitative estimate of drug-likeness (QED) is 0.487. The molecule has 1 aromatic heterocycles. The molecule has 0 aliphatic carbocycles. The van der Waals surface area contributed by atoms with Crippen molar-refractivity contribution in [2.24, 2.45) is 5.84 Å². The van der Waals surface area contributed by atoms with Crippen molar-refractivity contribution in [1.82, 2.24) is 5.43 Å². The molecule has 0 aliphatic heterocycles. The summed E-state index contributed by atoms with van der Waals surface area (Å²) in [7, 11) is 0. The molecule has 0 saturated heterocycles. The Kier molecular flexibility index (Phi) is 5.26. The van der Waals surface area contributed by atoms with E-state index in [-0.39, 0.29) is 6.04 Å². The Hall–Kier alpha value is -0.330. The summed E-state index contributed by atoms with van der Waals surface area (Å²) < 4.78 is 1.13. The van der Waals surface area contributed by atoms with Crippen molar-refractivity contribution in [3.63, 3.8) is 0 Å². The van der Waals surface area contributed by atoms with Crippen LogP contribution in [0.2, 0.25) is 0 Å². The fraction of sp³-hybridized carbons (Fsp3) is 0.231. The lowest BCUT2D eigenvalue weighted by atomic mass is 10.2. The molecule has 0 aliphatic rings. The number of halogens is 1. The third-order valence-corrected chi connectivity index (χ3v) is 5.92. The maximum atomic E-state index is 5.67. The highest BCUT2D eigenvalue weighted by molar-refractivity contribution is 9.10. The monoisotopic (exact) mass is 342 g/mol. The number of thioether (sulfide) groups is 1. The van der Waals surface area contributed by atoms with E-state index in [9.17, 15) is 0 Å². The topological polar surface area (TPSA) is 38.0 Å². The molecular formula is C13H15BrN2S2. The lowest BCUT2D eigenvalue weighted by Crippen LogP contribution is -2.29. The largest absolute Gasteiger partial charge is 0.271 e. The predicted molar refractivity (Wildman–Crippen MR) is 84.0 cm³/mol. The summed E-state index contributed by atoms with van der Waals surface area (Å²) in [5, 5.41) is 2.11. The minimum absolute atomic E-state index is 0.196. The van der Waals surface area contributed by atoms with E-state index >= 15 is 0 Å². The molecule has 1 unspecified atom stereocenters. The van der Waals surface area contributed by atoms with Crippen LogP contribution in [0.5, 0.6) is 0 Å². The molecule has 2 aromatic rings. The first kappa shape index (κ1) is 14.1. The number of aryl methyl sites for hydroxylation is 1. The van der Waals surface area contributed by atoms with Crippen LogP contribution in [0.25, 0.3) is 0 Å². The van der Waals surface area contributed by atoms with E-state index in [0.29, 0.717) is 0 Å². The molecule has 3 N–H and O–H groups in total. The predicted octanol–water partition coefficient (Wildman–Crippen LogP) is 4.12. The lowest BCUT2D eigenvalue weighted by molar-refractivity contribution is 0.618. The van der Waals surface area contributed by atoms with Crippen LogP contribution in [-0.2, 0) is 0 Å². The van der Waals surface area contributed by atoms with Gasteiger partial charge in [-0.25, -0.2) is 0 Å². The number of hydrazine groups is 1. The lowest BCUT2D eigenvalue weighted by Gasteiger charge is -2.15. The molecule has 18 heavy (non-hydrogen) atoms. The Morgan fingerprint density at radius 2 is 2.17 bits per heavy atom. The Morgan fingerprint density at radius 1 is 1.39 bits per heavy atom. The highest BCUT2D eigenvalue weighted by atomic mass is 79.9. The molecule has 1 aromatic carbocycles. The van der Waals surface area contributed by atoms with Gasteiger partial charge in [0.05, 0.1) is 6.04 Å². The van der Waals surface area contributed by atoms with Gasteiger partial charge in [-0.3, -0.25) is 11.3 Å². The van der Waals surface area contributed by atoms with Crippen molar-refractivity contribution < 1.29 is 0 Å². The maximum absolute atomic E-state index is 5.67. The highest BCUT2D eigenvalue weighted by Crippen LogP contribution is 2.32. The number of hydrogen-bond donors (Lipinski definition) is 2. The molecule has 2 nitrogen and oxygen atoms in total. The zero-order chi connectivity index (χ0) is 13.0. The summed E-state index contributed by atoms with van der Waals surface area (Å²) in [6.07, 6.45) is 0. The van der Waals surface area contributed by atoms with Crippen LogP contribution >= 0.6 is 39.0 Å². The van der Waals surface area contributed by atoms with Gasteiger partial charge in [0.2, 0.25) is 0 Å². The van der Waals surface area contributed by atoms with Gasteiger partial charge in [-0.15, -0.1) is 23.1 Å². The zero-order valence-electron chi connectivity index (χ0n) is 10.0. The highest BCUT2D eigenvalue weighted by Gasteiger charge is 2.14. The first-order valence-corrected chi connectivity index (χ1v) is 8.25. The van der Waals surface area contributed by atoms with Gasteiger partial charge in [0.1, 0.15) is 0 Å². The zero-order valence-corrected chi connectivity index (χ0v) is 13.2. The first-order chi connectivity index (χ1) is 8.72. The fourth-order valence-electron chi connectivity index (χ4n) is 1.68. The van der Waals surface area contributed by atoms with E-state index < -0.39 is 0 Å². The van der Waals surface area contributed by atoms with E-state index in [4.69, 9.17) is 5.84 Å². The summed E-state index contributed by atoms with van der Waals surface area (Å²) in [5.41, 5.74) is 4.21. The van der Waals surface area contributed by atoms with Gasteiger partial charge in [-0.1, -0.05) is 12.1 Å². The van der Waals surface area contributed by atoms with Gasteiger partial charge < -0.3 is 0 Å². The summed E-state index contributed by atoms with van der Waals surface area (Å²) in [6.45, 7) is 2.12. The van der Waals surface area contributed by atoms with E-state index in [2.05, 4.69) is 51.9 Å².